The van der Waals surface area contributed by atoms with Gasteiger partial charge in [0, 0.05) is 0 Å². The second-order valence-electron chi connectivity index (χ2n) is 1.73. The fourth-order valence-corrected chi connectivity index (χ4v) is 0.419. The van der Waals surface area contributed by atoms with E-state index in [-0.39, 0.29) is 0 Å². The second-order valence-corrected chi connectivity index (χ2v) is 1.73. The van der Waals surface area contributed by atoms with Gasteiger partial charge in [0.2, 0.25) is 0 Å². The van der Waals surface area contributed by atoms with Crippen molar-refractivity contribution in [2.24, 2.45) is 0 Å². The molecule has 0 aliphatic carbocycles. The minimum absolute atomic E-state index is 0.514. The van der Waals surface area contributed by atoms with Gasteiger partial charge in [-0.3, -0.25) is 0 Å². The SMILES string of the molecule is CCOC(F)(F)C(F)C(F)F. The maximum atomic E-state index is 12.0. The third-order valence-corrected chi connectivity index (χ3v) is 0.879. The van der Waals surface area contributed by atoms with Gasteiger partial charge in [0.15, 0.2) is 0 Å². The van der Waals surface area contributed by atoms with Crippen LogP contribution < -0.4 is 0 Å². The molecule has 68 valence electrons. The van der Waals surface area contributed by atoms with E-state index in [4.69, 9.17) is 0 Å². The number of hydrogen-bond donors (Lipinski definition) is 0. The van der Waals surface area contributed by atoms with E-state index < -0.39 is 25.3 Å². The van der Waals surface area contributed by atoms with Crippen molar-refractivity contribution >= 4 is 0 Å². The van der Waals surface area contributed by atoms with E-state index in [0.717, 1.165) is 6.92 Å². The first-order valence-corrected chi connectivity index (χ1v) is 2.85. The molecule has 0 aromatic carbocycles. The Morgan fingerprint density at radius 2 is 1.73 bits per heavy atom. The monoisotopic (exact) mass is 178 g/mol. The molecule has 1 unspecified atom stereocenters. The molecule has 0 aliphatic heterocycles. The predicted octanol–water partition coefficient (Wildman–Crippen LogP) is 2.22. The lowest BCUT2D eigenvalue weighted by atomic mass is 10.4. The van der Waals surface area contributed by atoms with Crippen molar-refractivity contribution < 1.29 is 26.7 Å². The highest BCUT2D eigenvalue weighted by molar-refractivity contribution is 4.69. The van der Waals surface area contributed by atoms with E-state index in [1.807, 2.05) is 0 Å². The molecule has 0 bridgehead atoms. The van der Waals surface area contributed by atoms with E-state index in [9.17, 15) is 22.0 Å². The standard InChI is InChI=1S/C5H7F5O/c1-2-11-5(9,10)3(6)4(7)8/h3-4H,2H2,1H3. The molecule has 0 spiro atoms. The summed E-state index contributed by atoms with van der Waals surface area (Å²) in [5, 5.41) is 0. The largest absolute Gasteiger partial charge is 0.392 e. The van der Waals surface area contributed by atoms with Crippen LogP contribution in [0.3, 0.4) is 0 Å². The Bertz CT molecular complexity index is 115. The molecule has 0 aliphatic rings. The van der Waals surface area contributed by atoms with Crippen molar-refractivity contribution in [3.63, 3.8) is 0 Å². The number of halogens is 5. The Labute approximate surface area is 60.1 Å². The van der Waals surface area contributed by atoms with Crippen molar-refractivity contribution in [1.29, 1.82) is 0 Å². The van der Waals surface area contributed by atoms with Crippen LogP contribution in [-0.2, 0) is 4.74 Å². The molecule has 0 aromatic heterocycles. The molecule has 6 heteroatoms. The fourth-order valence-electron chi connectivity index (χ4n) is 0.419. The second kappa shape index (κ2) is 3.85. The minimum Gasteiger partial charge on any atom is -0.318 e. The fraction of sp³-hybridized carbons (Fsp3) is 1.00. The Hall–Kier alpha value is -0.390. The van der Waals surface area contributed by atoms with Gasteiger partial charge in [0.1, 0.15) is 0 Å². The van der Waals surface area contributed by atoms with Gasteiger partial charge in [0.25, 0.3) is 12.6 Å². The lowest BCUT2D eigenvalue weighted by Crippen LogP contribution is -2.38. The molecule has 0 radical (unpaired) electrons. The Kier molecular flexibility index (Phi) is 3.71. The van der Waals surface area contributed by atoms with E-state index in [2.05, 4.69) is 4.74 Å². The molecule has 0 fully saturated rings. The van der Waals surface area contributed by atoms with Crippen molar-refractivity contribution in [2.75, 3.05) is 6.61 Å². The zero-order chi connectivity index (χ0) is 9.07. The highest BCUT2D eigenvalue weighted by Crippen LogP contribution is 2.27. The average molecular weight is 178 g/mol. The van der Waals surface area contributed by atoms with E-state index in [0.29, 0.717) is 0 Å². The lowest BCUT2D eigenvalue weighted by molar-refractivity contribution is -0.289. The van der Waals surface area contributed by atoms with Gasteiger partial charge in [0.05, 0.1) is 6.61 Å². The van der Waals surface area contributed by atoms with E-state index in [1.54, 1.807) is 0 Å². The van der Waals surface area contributed by atoms with Crippen LogP contribution in [0.2, 0.25) is 0 Å². The first-order chi connectivity index (χ1) is 4.91. The predicted molar refractivity (Wildman–Crippen MR) is 27.5 cm³/mol. The van der Waals surface area contributed by atoms with Gasteiger partial charge < -0.3 is 4.74 Å². The summed E-state index contributed by atoms with van der Waals surface area (Å²) in [6.07, 6.45) is -11.7. The van der Waals surface area contributed by atoms with Crippen LogP contribution in [0.1, 0.15) is 6.92 Å². The summed E-state index contributed by atoms with van der Waals surface area (Å²) < 4.78 is 61.9. The first-order valence-electron chi connectivity index (χ1n) is 2.85. The van der Waals surface area contributed by atoms with E-state index >= 15 is 0 Å². The molecule has 1 atom stereocenters. The quantitative estimate of drug-likeness (QED) is 0.599. The van der Waals surface area contributed by atoms with Crippen LogP contribution in [0.15, 0.2) is 0 Å². The van der Waals surface area contributed by atoms with Crippen LogP contribution >= 0.6 is 0 Å². The first kappa shape index (κ1) is 10.6. The van der Waals surface area contributed by atoms with Crippen LogP contribution in [0.5, 0.6) is 0 Å². The summed E-state index contributed by atoms with van der Waals surface area (Å²) in [7, 11) is 0. The zero-order valence-corrected chi connectivity index (χ0v) is 5.66. The summed E-state index contributed by atoms with van der Waals surface area (Å²) in [6.45, 7) is 0.645. The molecule has 0 aromatic rings. The Balaban J connectivity index is 4.05. The molecule has 0 rings (SSSR count). The molecule has 1 nitrogen and oxygen atoms in total. The van der Waals surface area contributed by atoms with Crippen LogP contribution in [0.25, 0.3) is 0 Å². The van der Waals surface area contributed by atoms with Gasteiger partial charge in [-0.05, 0) is 6.92 Å². The van der Waals surface area contributed by atoms with Gasteiger partial charge in [-0.2, -0.15) is 8.78 Å². The number of hydrogen-bond acceptors (Lipinski definition) is 1. The highest BCUT2D eigenvalue weighted by atomic mass is 19.3. The average Bonchev–Trinajstić information content (AvgIpc) is 1.86. The third-order valence-electron chi connectivity index (χ3n) is 0.879. The Morgan fingerprint density at radius 3 is 2.00 bits per heavy atom. The normalized spacial score (nSPS) is 15.5. The molecule has 0 heterocycles. The molecule has 0 amide bonds. The summed E-state index contributed by atoms with van der Waals surface area (Å²) in [5.41, 5.74) is 0. The number of rotatable bonds is 4. The van der Waals surface area contributed by atoms with E-state index in [1.165, 1.54) is 0 Å². The van der Waals surface area contributed by atoms with Crippen LogP contribution in [0, 0.1) is 0 Å². The number of ether oxygens (including phenoxy) is 1. The molecule has 0 saturated heterocycles. The van der Waals surface area contributed by atoms with Crippen molar-refractivity contribution in [1.82, 2.24) is 0 Å². The van der Waals surface area contributed by atoms with Crippen molar-refractivity contribution in [3.8, 4) is 0 Å². The maximum Gasteiger partial charge on any atom is 0.392 e. The van der Waals surface area contributed by atoms with Gasteiger partial charge in [-0.15, -0.1) is 0 Å². The van der Waals surface area contributed by atoms with Crippen molar-refractivity contribution in [3.05, 3.63) is 0 Å². The maximum absolute atomic E-state index is 12.0. The highest BCUT2D eigenvalue weighted by Gasteiger charge is 2.47. The van der Waals surface area contributed by atoms with Crippen LogP contribution in [-0.4, -0.2) is 25.3 Å². The van der Waals surface area contributed by atoms with Gasteiger partial charge in [-0.1, -0.05) is 0 Å². The third kappa shape index (κ3) is 3.00. The zero-order valence-electron chi connectivity index (χ0n) is 5.66. The topological polar surface area (TPSA) is 9.23 Å². The summed E-state index contributed by atoms with van der Waals surface area (Å²) >= 11 is 0. The van der Waals surface area contributed by atoms with Gasteiger partial charge >= 0.3 is 6.11 Å². The molecular formula is C5H7F5O. The molecule has 0 saturated carbocycles. The number of alkyl halides is 5. The van der Waals surface area contributed by atoms with Crippen molar-refractivity contribution in [2.45, 2.75) is 25.6 Å². The van der Waals surface area contributed by atoms with Gasteiger partial charge in [-0.25, -0.2) is 13.2 Å². The Morgan fingerprint density at radius 1 is 1.27 bits per heavy atom. The molecular weight excluding hydrogens is 171 g/mol. The lowest BCUT2D eigenvalue weighted by Gasteiger charge is -2.18. The summed E-state index contributed by atoms with van der Waals surface area (Å²) in [6, 6.07) is 0. The molecule has 0 N–H and O–H groups in total. The summed E-state index contributed by atoms with van der Waals surface area (Å²) in [5.74, 6) is 0. The van der Waals surface area contributed by atoms with Crippen LogP contribution in [0.4, 0.5) is 22.0 Å². The smallest absolute Gasteiger partial charge is 0.318 e. The molecule has 11 heavy (non-hydrogen) atoms. The minimum atomic E-state index is -4.39. The summed E-state index contributed by atoms with van der Waals surface area (Å²) in [4.78, 5) is 0.